The molecule has 5 nitrogen and oxygen atoms in total. The largest absolute Gasteiger partial charge is 0.464 e. The van der Waals surface area contributed by atoms with Gasteiger partial charge in [-0.25, -0.2) is 4.98 Å². The normalized spacial score (nSPS) is 12.1. The van der Waals surface area contributed by atoms with E-state index < -0.39 is 0 Å². The lowest BCUT2D eigenvalue weighted by atomic mass is 10.1. The van der Waals surface area contributed by atoms with E-state index in [0.717, 1.165) is 72.5 Å². The second kappa shape index (κ2) is 11.1. The molecule has 0 N–H and O–H groups in total. The van der Waals surface area contributed by atoms with Crippen molar-refractivity contribution in [3.63, 3.8) is 0 Å². The molecular formula is C49H30N4O. The van der Waals surface area contributed by atoms with E-state index in [9.17, 15) is 0 Å². The maximum Gasteiger partial charge on any atom is 0.140 e. The molecule has 0 radical (unpaired) electrons. The summed E-state index contributed by atoms with van der Waals surface area (Å²) in [5, 5.41) is 8.30. The number of aromatic nitrogens is 4. The summed E-state index contributed by atoms with van der Waals surface area (Å²) in [7, 11) is 0. The summed E-state index contributed by atoms with van der Waals surface area (Å²) in [6, 6.07) is 63.0. The van der Waals surface area contributed by atoms with Gasteiger partial charge in [-0.05, 0) is 54.6 Å². The van der Waals surface area contributed by atoms with Gasteiger partial charge >= 0.3 is 0 Å². The molecule has 0 fully saturated rings. The van der Waals surface area contributed by atoms with Crippen LogP contribution < -0.4 is 0 Å². The van der Waals surface area contributed by atoms with E-state index in [0.29, 0.717) is 0 Å². The number of para-hydroxylation sites is 4. The topological polar surface area (TPSA) is 40.8 Å². The molecule has 0 aliphatic carbocycles. The fraction of sp³-hybridized carbons (Fsp3) is 0. The third-order valence-electron chi connectivity index (χ3n) is 11.1. The quantitative estimate of drug-likeness (QED) is 0.184. The van der Waals surface area contributed by atoms with Crippen LogP contribution in [0.5, 0.6) is 0 Å². The second-order valence-corrected chi connectivity index (χ2v) is 14.0. The molecule has 0 spiro atoms. The fourth-order valence-electron chi connectivity index (χ4n) is 8.80. The maximum absolute atomic E-state index is 5.77. The average Bonchev–Trinajstić information content (AvgIpc) is 4.00. The van der Waals surface area contributed by atoms with E-state index in [4.69, 9.17) is 9.40 Å². The van der Waals surface area contributed by atoms with Gasteiger partial charge < -0.3 is 13.6 Å². The van der Waals surface area contributed by atoms with Crippen LogP contribution in [0.3, 0.4) is 0 Å². The summed E-state index contributed by atoms with van der Waals surface area (Å²) in [6.07, 6.45) is 1.76. The molecule has 0 aliphatic heterocycles. The third-order valence-corrected chi connectivity index (χ3v) is 11.1. The van der Waals surface area contributed by atoms with Gasteiger partial charge in [0.15, 0.2) is 0 Å². The van der Waals surface area contributed by atoms with Crippen LogP contribution in [-0.2, 0) is 0 Å². The van der Waals surface area contributed by atoms with Gasteiger partial charge in [-0.15, -0.1) is 0 Å². The summed E-state index contributed by atoms with van der Waals surface area (Å²) >= 11 is 0. The van der Waals surface area contributed by atoms with E-state index >= 15 is 0 Å². The van der Waals surface area contributed by atoms with Crippen LogP contribution in [-0.4, -0.2) is 18.7 Å². The molecule has 0 saturated carbocycles. The highest BCUT2D eigenvalue weighted by atomic mass is 16.3. The monoisotopic (exact) mass is 690 g/mol. The first kappa shape index (κ1) is 29.2. The Balaban J connectivity index is 1.26. The van der Waals surface area contributed by atoms with Gasteiger partial charge in [0.25, 0.3) is 0 Å². The molecular weight excluding hydrogens is 661 g/mol. The predicted octanol–water partition coefficient (Wildman–Crippen LogP) is 12.8. The van der Waals surface area contributed by atoms with Crippen molar-refractivity contribution in [2.45, 2.75) is 0 Å². The molecule has 5 aromatic heterocycles. The summed E-state index contributed by atoms with van der Waals surface area (Å²) in [5.74, 6) is 0.868. The van der Waals surface area contributed by atoms with Gasteiger partial charge in [0.05, 0.1) is 50.7 Å². The summed E-state index contributed by atoms with van der Waals surface area (Å²) in [5.41, 5.74) is 11.8. The lowest BCUT2D eigenvalue weighted by Crippen LogP contribution is -2.04. The van der Waals surface area contributed by atoms with E-state index in [1.54, 1.807) is 6.26 Å². The average molecular weight is 691 g/mol. The van der Waals surface area contributed by atoms with Crippen molar-refractivity contribution in [3.8, 4) is 28.5 Å². The van der Waals surface area contributed by atoms with Crippen LogP contribution in [0.2, 0.25) is 0 Å². The number of nitrogens with zero attached hydrogens (tertiary/aromatic N) is 4. The van der Waals surface area contributed by atoms with Crippen LogP contribution in [0.4, 0.5) is 0 Å². The number of pyridine rings is 1. The Labute approximate surface area is 309 Å². The molecule has 0 aliphatic rings. The minimum absolute atomic E-state index is 0.868. The van der Waals surface area contributed by atoms with Crippen LogP contribution in [0.15, 0.2) is 187 Å². The smallest absolute Gasteiger partial charge is 0.140 e. The summed E-state index contributed by atoms with van der Waals surface area (Å²) in [4.78, 5) is 5.44. The van der Waals surface area contributed by atoms with Crippen LogP contribution in [0.1, 0.15) is 0 Å². The van der Waals surface area contributed by atoms with E-state index in [-0.39, 0.29) is 0 Å². The number of furan rings is 1. The number of fused-ring (bicyclic) bond motifs is 11. The van der Waals surface area contributed by atoms with Crippen molar-refractivity contribution in [1.29, 1.82) is 0 Å². The van der Waals surface area contributed by atoms with Gasteiger partial charge in [0.2, 0.25) is 0 Å². The Hall–Kier alpha value is -7.37. The molecule has 0 saturated heterocycles. The predicted molar refractivity (Wildman–Crippen MR) is 222 cm³/mol. The van der Waals surface area contributed by atoms with Gasteiger partial charge in [0.1, 0.15) is 11.4 Å². The zero-order valence-corrected chi connectivity index (χ0v) is 29.0. The Bertz CT molecular complexity index is 3400. The molecule has 54 heavy (non-hydrogen) atoms. The van der Waals surface area contributed by atoms with Crippen LogP contribution in [0, 0.1) is 0 Å². The summed E-state index contributed by atoms with van der Waals surface area (Å²) in [6.45, 7) is 0. The number of rotatable bonds is 4. The molecule has 7 aromatic carbocycles. The molecule has 0 unspecified atom stereocenters. The lowest BCUT2D eigenvalue weighted by molar-refractivity contribution is 0.616. The van der Waals surface area contributed by atoms with E-state index in [1.807, 2.05) is 6.07 Å². The van der Waals surface area contributed by atoms with Crippen molar-refractivity contribution in [1.82, 2.24) is 18.7 Å². The number of hydrogen-bond donors (Lipinski definition) is 0. The van der Waals surface area contributed by atoms with Crippen LogP contribution in [0.25, 0.3) is 105 Å². The first-order chi connectivity index (χ1) is 26.8. The van der Waals surface area contributed by atoms with Gasteiger partial charge in [0, 0.05) is 55.0 Å². The zero-order chi connectivity index (χ0) is 35.3. The van der Waals surface area contributed by atoms with Gasteiger partial charge in [-0.3, -0.25) is 4.57 Å². The highest BCUT2D eigenvalue weighted by Gasteiger charge is 2.23. The molecule has 0 atom stereocenters. The fourth-order valence-corrected chi connectivity index (χ4v) is 8.80. The van der Waals surface area contributed by atoms with Crippen molar-refractivity contribution >= 4 is 76.4 Å². The van der Waals surface area contributed by atoms with Crippen molar-refractivity contribution in [3.05, 3.63) is 182 Å². The van der Waals surface area contributed by atoms with Gasteiger partial charge in [-0.2, -0.15) is 0 Å². The highest BCUT2D eigenvalue weighted by molar-refractivity contribution is 6.24. The Morgan fingerprint density at radius 1 is 0.389 bits per heavy atom. The highest BCUT2D eigenvalue weighted by Crippen LogP contribution is 2.43. The second-order valence-electron chi connectivity index (χ2n) is 14.0. The van der Waals surface area contributed by atoms with Crippen molar-refractivity contribution < 1.29 is 4.42 Å². The Kier molecular flexibility index (Phi) is 5.99. The minimum atomic E-state index is 0.868. The summed E-state index contributed by atoms with van der Waals surface area (Å²) < 4.78 is 13.0. The first-order valence-corrected chi connectivity index (χ1v) is 18.3. The molecule has 12 rings (SSSR count). The van der Waals surface area contributed by atoms with Crippen molar-refractivity contribution in [2.24, 2.45) is 0 Å². The van der Waals surface area contributed by atoms with Gasteiger partial charge in [-0.1, -0.05) is 115 Å². The maximum atomic E-state index is 5.77. The Morgan fingerprint density at radius 3 is 1.52 bits per heavy atom. The molecule has 0 bridgehead atoms. The molecule has 252 valence electrons. The van der Waals surface area contributed by atoms with E-state index in [1.165, 1.54) is 32.3 Å². The van der Waals surface area contributed by atoms with E-state index in [2.05, 4.69) is 184 Å². The Morgan fingerprint density at radius 2 is 0.907 bits per heavy atom. The van der Waals surface area contributed by atoms with Crippen molar-refractivity contribution in [2.75, 3.05) is 0 Å². The number of benzene rings is 7. The first-order valence-electron chi connectivity index (χ1n) is 18.3. The standard InChI is InChI=1S/C49H30N4O/c1-2-12-31(13-3-1)41-29-34(30-47(50-41)53-44-20-10-4-14-35(44)36-15-5-11-21-45(36)53)52-43-19-9-7-17-38(43)40-24-23-39-37-16-6-8-18-42(37)51(48(39)49(40)52)33-22-25-46-32(28-33)26-27-54-46/h1-30H. The molecule has 12 aromatic rings. The zero-order valence-electron chi connectivity index (χ0n) is 29.0. The molecule has 0 amide bonds. The third kappa shape index (κ3) is 4.06. The molecule has 5 heterocycles. The minimum Gasteiger partial charge on any atom is -0.464 e. The number of hydrogen-bond acceptors (Lipinski definition) is 2. The van der Waals surface area contributed by atoms with Crippen LogP contribution >= 0.6 is 0 Å². The SMILES string of the molecule is c1ccc(-c2cc(-n3c4ccccc4c4ccc5c6ccccc6n(-c6ccc7occc7c6)c5c43)cc(-n3c4ccccc4c4ccccc43)n2)cc1. The molecule has 5 heteroatoms. The lowest BCUT2D eigenvalue weighted by Gasteiger charge is -2.16.